The molecule has 8 heteroatoms. The lowest BCUT2D eigenvalue weighted by Gasteiger charge is -2.21. The van der Waals surface area contributed by atoms with Crippen LogP contribution in [0.5, 0.6) is 0 Å². The van der Waals surface area contributed by atoms with E-state index in [1.54, 1.807) is 0 Å². The minimum Gasteiger partial charge on any atom is -0.480 e. The second kappa shape index (κ2) is 6.04. The molecule has 3 N–H and O–H groups in total. The van der Waals surface area contributed by atoms with Gasteiger partial charge in [0, 0.05) is 31.1 Å². The van der Waals surface area contributed by atoms with Crippen LogP contribution in [0.2, 0.25) is 0 Å². The molecule has 1 heterocycles. The van der Waals surface area contributed by atoms with Crippen molar-refractivity contribution in [1.82, 2.24) is 10.2 Å². The van der Waals surface area contributed by atoms with Crippen molar-refractivity contribution in [2.45, 2.75) is 25.1 Å². The van der Waals surface area contributed by atoms with E-state index in [4.69, 9.17) is 5.11 Å². The van der Waals surface area contributed by atoms with Gasteiger partial charge in [0.1, 0.15) is 17.7 Å². The Morgan fingerprint density at radius 3 is 2.71 bits per heavy atom. The van der Waals surface area contributed by atoms with Gasteiger partial charge < -0.3 is 20.4 Å². The lowest BCUT2D eigenvalue weighted by molar-refractivity contribution is -0.141. The SMILES string of the molecule is O=C(O)C1CC(O)CN1C(=O)NCc1ccc(F)cc1F. The first-order valence-corrected chi connectivity index (χ1v) is 6.27. The lowest BCUT2D eigenvalue weighted by atomic mass is 10.2. The quantitative estimate of drug-likeness (QED) is 0.766. The van der Waals surface area contributed by atoms with Crippen molar-refractivity contribution in [2.24, 2.45) is 0 Å². The number of halogens is 2. The summed E-state index contributed by atoms with van der Waals surface area (Å²) in [6, 6.07) is 1.12. The van der Waals surface area contributed by atoms with Gasteiger partial charge in [0.15, 0.2) is 0 Å². The van der Waals surface area contributed by atoms with Crippen LogP contribution in [0.25, 0.3) is 0 Å². The number of hydrogen-bond donors (Lipinski definition) is 3. The molecule has 2 amide bonds. The molecule has 0 saturated carbocycles. The van der Waals surface area contributed by atoms with Crippen LogP contribution in [0.1, 0.15) is 12.0 Å². The van der Waals surface area contributed by atoms with Crippen molar-refractivity contribution in [2.75, 3.05) is 6.54 Å². The zero-order valence-corrected chi connectivity index (χ0v) is 10.9. The summed E-state index contributed by atoms with van der Waals surface area (Å²) < 4.78 is 26.2. The van der Waals surface area contributed by atoms with Crippen LogP contribution in [0, 0.1) is 11.6 Å². The molecule has 1 aromatic rings. The maximum Gasteiger partial charge on any atom is 0.326 e. The van der Waals surface area contributed by atoms with E-state index in [0.717, 1.165) is 11.0 Å². The summed E-state index contributed by atoms with van der Waals surface area (Å²) >= 11 is 0. The predicted octanol–water partition coefficient (Wildman–Crippen LogP) is 0.694. The summed E-state index contributed by atoms with van der Waals surface area (Å²) in [5.74, 6) is -2.74. The molecule has 6 nitrogen and oxygen atoms in total. The summed E-state index contributed by atoms with van der Waals surface area (Å²) in [5, 5.41) is 20.8. The molecule has 0 bridgehead atoms. The number of amides is 2. The fourth-order valence-corrected chi connectivity index (χ4v) is 2.21. The Balaban J connectivity index is 1.99. The number of urea groups is 1. The number of carboxylic acid groups (broad SMARTS) is 1. The van der Waals surface area contributed by atoms with Crippen molar-refractivity contribution < 1.29 is 28.6 Å². The van der Waals surface area contributed by atoms with E-state index in [1.165, 1.54) is 6.07 Å². The number of aliphatic hydroxyl groups excluding tert-OH is 1. The summed E-state index contributed by atoms with van der Waals surface area (Å²) in [4.78, 5) is 23.9. The topological polar surface area (TPSA) is 89.9 Å². The first-order valence-electron chi connectivity index (χ1n) is 6.27. The highest BCUT2D eigenvalue weighted by molar-refractivity contribution is 5.83. The second-order valence-electron chi connectivity index (χ2n) is 4.79. The third-order valence-electron chi connectivity index (χ3n) is 3.27. The van der Waals surface area contributed by atoms with Crippen molar-refractivity contribution in [3.05, 3.63) is 35.4 Å². The van der Waals surface area contributed by atoms with Gasteiger partial charge in [0.25, 0.3) is 0 Å². The minimum atomic E-state index is -1.21. The monoisotopic (exact) mass is 300 g/mol. The molecule has 2 atom stereocenters. The molecule has 1 fully saturated rings. The highest BCUT2D eigenvalue weighted by Crippen LogP contribution is 2.18. The lowest BCUT2D eigenvalue weighted by Crippen LogP contribution is -2.46. The molecule has 21 heavy (non-hydrogen) atoms. The number of aliphatic hydroxyl groups is 1. The van der Waals surface area contributed by atoms with Crippen molar-refractivity contribution >= 4 is 12.0 Å². The first kappa shape index (κ1) is 15.2. The van der Waals surface area contributed by atoms with Gasteiger partial charge in [-0.2, -0.15) is 0 Å². The first-order chi connectivity index (χ1) is 9.88. The minimum absolute atomic E-state index is 0.0480. The zero-order valence-electron chi connectivity index (χ0n) is 10.9. The molecule has 1 aromatic carbocycles. The van der Waals surface area contributed by atoms with Gasteiger partial charge in [-0.15, -0.1) is 0 Å². The number of carbonyl (C=O) groups excluding carboxylic acids is 1. The number of hydrogen-bond acceptors (Lipinski definition) is 3. The van der Waals surface area contributed by atoms with Crippen LogP contribution in [0.4, 0.5) is 13.6 Å². The van der Waals surface area contributed by atoms with E-state index in [0.29, 0.717) is 6.07 Å². The van der Waals surface area contributed by atoms with Crippen LogP contribution >= 0.6 is 0 Å². The Morgan fingerprint density at radius 2 is 2.10 bits per heavy atom. The van der Waals surface area contributed by atoms with Crippen LogP contribution in [-0.2, 0) is 11.3 Å². The molecular weight excluding hydrogens is 286 g/mol. The normalized spacial score (nSPS) is 21.4. The van der Waals surface area contributed by atoms with Gasteiger partial charge in [-0.3, -0.25) is 0 Å². The van der Waals surface area contributed by atoms with E-state index < -0.39 is 35.8 Å². The average molecular weight is 300 g/mol. The number of carboxylic acids is 1. The number of aliphatic carboxylic acids is 1. The summed E-state index contributed by atoms with van der Waals surface area (Å²) in [6.07, 6.45) is -0.951. The van der Waals surface area contributed by atoms with Gasteiger partial charge in [-0.25, -0.2) is 18.4 Å². The Bertz CT molecular complexity index is 567. The van der Waals surface area contributed by atoms with E-state index in [-0.39, 0.29) is 25.1 Å². The van der Waals surface area contributed by atoms with Gasteiger partial charge in [0.05, 0.1) is 6.10 Å². The molecule has 2 unspecified atom stereocenters. The summed E-state index contributed by atoms with van der Waals surface area (Å²) in [7, 11) is 0. The zero-order chi connectivity index (χ0) is 15.6. The van der Waals surface area contributed by atoms with Gasteiger partial charge in [-0.05, 0) is 6.07 Å². The molecule has 1 saturated heterocycles. The Labute approximate surface area is 119 Å². The van der Waals surface area contributed by atoms with Crippen LogP contribution in [0.3, 0.4) is 0 Å². The van der Waals surface area contributed by atoms with E-state index >= 15 is 0 Å². The smallest absolute Gasteiger partial charge is 0.326 e. The van der Waals surface area contributed by atoms with E-state index in [1.807, 2.05) is 0 Å². The number of nitrogens with zero attached hydrogens (tertiary/aromatic N) is 1. The van der Waals surface area contributed by atoms with Gasteiger partial charge in [-0.1, -0.05) is 6.07 Å². The Hall–Kier alpha value is -2.22. The van der Waals surface area contributed by atoms with Crippen molar-refractivity contribution in [3.63, 3.8) is 0 Å². The molecule has 0 aliphatic carbocycles. The second-order valence-corrected chi connectivity index (χ2v) is 4.79. The van der Waals surface area contributed by atoms with Crippen LogP contribution in [-0.4, -0.2) is 45.8 Å². The fourth-order valence-electron chi connectivity index (χ4n) is 2.21. The molecule has 2 rings (SSSR count). The highest BCUT2D eigenvalue weighted by atomic mass is 19.1. The fraction of sp³-hybridized carbons (Fsp3) is 0.385. The molecule has 0 radical (unpaired) electrons. The Morgan fingerprint density at radius 1 is 1.38 bits per heavy atom. The number of carbonyl (C=O) groups is 2. The number of likely N-dealkylation sites (tertiary alicyclic amines) is 1. The molecule has 1 aliphatic rings. The standard InChI is InChI=1S/C13H14F2N2O4/c14-8-2-1-7(10(15)3-8)5-16-13(21)17-6-9(18)4-11(17)12(19)20/h1-3,9,11,18H,4-6H2,(H,16,21)(H,19,20). The van der Waals surface area contributed by atoms with Crippen molar-refractivity contribution in [1.29, 1.82) is 0 Å². The summed E-state index contributed by atoms with van der Waals surface area (Å²) in [5.41, 5.74) is 0.0800. The highest BCUT2D eigenvalue weighted by Gasteiger charge is 2.38. The van der Waals surface area contributed by atoms with Crippen molar-refractivity contribution in [3.8, 4) is 0 Å². The average Bonchev–Trinajstić information content (AvgIpc) is 2.80. The number of rotatable bonds is 3. The maximum atomic E-state index is 13.4. The number of nitrogens with one attached hydrogen (secondary N) is 1. The molecule has 1 aliphatic heterocycles. The number of β-amino-alcohol motifs (C(OH)–C–C–N with tert-alkyl or cyclic N) is 1. The third kappa shape index (κ3) is 3.46. The van der Waals surface area contributed by atoms with Crippen LogP contribution < -0.4 is 5.32 Å². The van der Waals surface area contributed by atoms with Gasteiger partial charge >= 0.3 is 12.0 Å². The van der Waals surface area contributed by atoms with Gasteiger partial charge in [0.2, 0.25) is 0 Å². The van der Waals surface area contributed by atoms with Crippen LogP contribution in [0.15, 0.2) is 18.2 Å². The van der Waals surface area contributed by atoms with E-state index in [9.17, 15) is 23.5 Å². The number of benzene rings is 1. The Kier molecular flexibility index (Phi) is 4.37. The molecular formula is C13H14F2N2O4. The van der Waals surface area contributed by atoms with E-state index in [2.05, 4.69) is 5.32 Å². The molecule has 0 spiro atoms. The predicted molar refractivity (Wildman–Crippen MR) is 67.3 cm³/mol. The largest absolute Gasteiger partial charge is 0.480 e. The third-order valence-corrected chi connectivity index (χ3v) is 3.27. The molecule has 0 aromatic heterocycles. The summed E-state index contributed by atoms with van der Waals surface area (Å²) in [6.45, 7) is -0.307. The molecule has 114 valence electrons. The maximum absolute atomic E-state index is 13.4.